The average Bonchev–Trinajstić information content (AvgIpc) is 2.93. The van der Waals surface area contributed by atoms with Crippen LogP contribution in [0.4, 0.5) is 5.82 Å². The van der Waals surface area contributed by atoms with Crippen LogP contribution in [0, 0.1) is 0 Å². The van der Waals surface area contributed by atoms with Crippen molar-refractivity contribution in [3.63, 3.8) is 0 Å². The van der Waals surface area contributed by atoms with E-state index in [-0.39, 0.29) is 0 Å². The SMILES string of the molecule is C[C@H](O)CNCCn1c(Sc2ccc(Cl)cc2Cl)nc2c(N)ncnc21. The molecule has 26 heavy (non-hydrogen) atoms. The van der Waals surface area contributed by atoms with Crippen molar-refractivity contribution in [1.29, 1.82) is 0 Å². The first kappa shape index (κ1) is 19.2. The Morgan fingerprint density at radius 3 is 2.88 bits per heavy atom. The Morgan fingerprint density at radius 2 is 2.15 bits per heavy atom. The van der Waals surface area contributed by atoms with Crippen molar-refractivity contribution in [3.05, 3.63) is 34.6 Å². The molecule has 0 aliphatic carbocycles. The van der Waals surface area contributed by atoms with Crippen molar-refractivity contribution < 1.29 is 5.11 Å². The minimum Gasteiger partial charge on any atom is -0.392 e. The van der Waals surface area contributed by atoms with Gasteiger partial charge in [-0.05, 0) is 25.1 Å². The van der Waals surface area contributed by atoms with Crippen LogP contribution in [0.3, 0.4) is 0 Å². The van der Waals surface area contributed by atoms with E-state index in [0.717, 1.165) is 4.90 Å². The van der Waals surface area contributed by atoms with Crippen LogP contribution in [0.1, 0.15) is 6.92 Å². The molecule has 0 spiro atoms. The molecule has 1 aromatic carbocycles. The smallest absolute Gasteiger partial charge is 0.175 e. The summed E-state index contributed by atoms with van der Waals surface area (Å²) in [5, 5.41) is 14.4. The first-order valence-electron chi connectivity index (χ1n) is 7.94. The molecule has 0 saturated carbocycles. The Labute approximate surface area is 164 Å². The summed E-state index contributed by atoms with van der Waals surface area (Å²) in [6.45, 7) is 3.49. The molecule has 0 unspecified atom stereocenters. The van der Waals surface area contributed by atoms with E-state index in [1.165, 1.54) is 18.1 Å². The maximum atomic E-state index is 9.37. The van der Waals surface area contributed by atoms with E-state index in [1.807, 2.05) is 10.6 Å². The molecule has 10 heteroatoms. The largest absolute Gasteiger partial charge is 0.392 e. The van der Waals surface area contributed by atoms with Crippen molar-refractivity contribution in [3.8, 4) is 0 Å². The number of fused-ring (bicyclic) bond motifs is 1. The summed E-state index contributed by atoms with van der Waals surface area (Å²) >= 11 is 13.7. The van der Waals surface area contributed by atoms with Gasteiger partial charge in [0.05, 0.1) is 11.1 Å². The Balaban J connectivity index is 1.92. The van der Waals surface area contributed by atoms with Gasteiger partial charge in [-0.15, -0.1) is 0 Å². The molecule has 0 radical (unpaired) electrons. The predicted molar refractivity (Wildman–Crippen MR) is 105 cm³/mol. The topological polar surface area (TPSA) is 102 Å². The molecule has 0 saturated heterocycles. The van der Waals surface area contributed by atoms with Crippen LogP contribution in [-0.4, -0.2) is 43.8 Å². The van der Waals surface area contributed by atoms with Crippen LogP contribution in [0.2, 0.25) is 10.0 Å². The van der Waals surface area contributed by atoms with Crippen molar-refractivity contribution >= 4 is 51.9 Å². The third kappa shape index (κ3) is 4.39. The Bertz CT molecular complexity index is 917. The van der Waals surface area contributed by atoms with E-state index in [1.54, 1.807) is 19.1 Å². The van der Waals surface area contributed by atoms with Gasteiger partial charge in [-0.2, -0.15) is 0 Å². The lowest BCUT2D eigenvalue weighted by Crippen LogP contribution is -2.27. The van der Waals surface area contributed by atoms with Crippen LogP contribution >= 0.6 is 35.0 Å². The molecule has 1 atom stereocenters. The van der Waals surface area contributed by atoms with Gasteiger partial charge in [0.1, 0.15) is 6.33 Å². The maximum absolute atomic E-state index is 9.37. The van der Waals surface area contributed by atoms with Gasteiger partial charge >= 0.3 is 0 Å². The van der Waals surface area contributed by atoms with Gasteiger partial charge in [-0.3, -0.25) is 0 Å². The molecule has 0 fully saturated rings. The standard InChI is InChI=1S/C16H18Cl2N6OS/c1-9(25)7-20-4-5-24-15-13(14(19)21-8-22-15)23-16(24)26-12-3-2-10(17)6-11(12)18/h2-3,6,8-9,20,25H,4-5,7H2,1H3,(H2,19,21,22)/t9-/m0/s1. The van der Waals surface area contributed by atoms with Gasteiger partial charge in [0.15, 0.2) is 22.1 Å². The summed E-state index contributed by atoms with van der Waals surface area (Å²) in [6, 6.07) is 5.32. The van der Waals surface area contributed by atoms with E-state index < -0.39 is 6.10 Å². The zero-order valence-corrected chi connectivity index (χ0v) is 16.3. The lowest BCUT2D eigenvalue weighted by Gasteiger charge is -2.11. The van der Waals surface area contributed by atoms with Crippen molar-refractivity contribution in [1.82, 2.24) is 24.8 Å². The maximum Gasteiger partial charge on any atom is 0.175 e. The van der Waals surface area contributed by atoms with Crippen LogP contribution in [0.25, 0.3) is 11.2 Å². The van der Waals surface area contributed by atoms with Gasteiger partial charge in [0.25, 0.3) is 0 Å². The van der Waals surface area contributed by atoms with Crippen LogP contribution in [0.15, 0.2) is 34.6 Å². The summed E-state index contributed by atoms with van der Waals surface area (Å²) in [4.78, 5) is 13.7. The Hall–Kier alpha value is -1.58. The molecule has 4 N–H and O–H groups in total. The van der Waals surface area contributed by atoms with Crippen LogP contribution in [-0.2, 0) is 6.54 Å². The van der Waals surface area contributed by atoms with Crippen molar-refractivity contribution in [2.24, 2.45) is 0 Å². The number of rotatable bonds is 7. The summed E-state index contributed by atoms with van der Waals surface area (Å²) in [6.07, 6.45) is 1.01. The summed E-state index contributed by atoms with van der Waals surface area (Å²) in [5.41, 5.74) is 7.16. The number of imidazole rings is 1. The predicted octanol–water partition coefficient (Wildman–Crippen LogP) is 2.84. The van der Waals surface area contributed by atoms with Gasteiger partial charge < -0.3 is 20.7 Å². The molecule has 3 aromatic rings. The number of benzene rings is 1. The second-order valence-electron chi connectivity index (χ2n) is 5.71. The summed E-state index contributed by atoms with van der Waals surface area (Å²) in [5.74, 6) is 0.328. The zero-order valence-electron chi connectivity index (χ0n) is 14.0. The fourth-order valence-electron chi connectivity index (χ4n) is 2.37. The van der Waals surface area contributed by atoms with E-state index in [4.69, 9.17) is 28.9 Å². The van der Waals surface area contributed by atoms with Gasteiger partial charge in [-0.1, -0.05) is 35.0 Å². The molecular weight excluding hydrogens is 395 g/mol. The third-order valence-electron chi connectivity index (χ3n) is 3.57. The number of aliphatic hydroxyl groups excluding tert-OH is 1. The first-order chi connectivity index (χ1) is 12.5. The molecule has 0 aliphatic heterocycles. The summed E-state index contributed by atoms with van der Waals surface area (Å²) < 4.78 is 1.96. The number of halogens is 2. The highest BCUT2D eigenvalue weighted by Crippen LogP contribution is 2.36. The van der Waals surface area contributed by atoms with Crippen molar-refractivity contribution in [2.45, 2.75) is 29.6 Å². The molecule has 2 heterocycles. The van der Waals surface area contributed by atoms with Crippen LogP contribution < -0.4 is 11.1 Å². The highest BCUT2D eigenvalue weighted by molar-refractivity contribution is 7.99. The number of hydrogen-bond donors (Lipinski definition) is 3. The molecule has 2 aromatic heterocycles. The average molecular weight is 413 g/mol. The highest BCUT2D eigenvalue weighted by atomic mass is 35.5. The van der Waals surface area contributed by atoms with E-state index >= 15 is 0 Å². The third-order valence-corrected chi connectivity index (χ3v) is 5.30. The number of aromatic nitrogens is 4. The number of aliphatic hydroxyl groups is 1. The molecule has 0 bridgehead atoms. The zero-order chi connectivity index (χ0) is 18.7. The second kappa shape index (κ2) is 8.41. The molecule has 3 rings (SSSR count). The molecule has 0 aliphatic rings. The highest BCUT2D eigenvalue weighted by Gasteiger charge is 2.17. The lowest BCUT2D eigenvalue weighted by atomic mass is 10.4. The quantitative estimate of drug-likeness (QED) is 0.512. The number of nitrogens with two attached hydrogens (primary N) is 1. The number of nitrogens with one attached hydrogen (secondary N) is 1. The normalized spacial score (nSPS) is 12.6. The molecule has 138 valence electrons. The number of nitrogen functional groups attached to an aromatic ring is 1. The van der Waals surface area contributed by atoms with Gasteiger partial charge in [0, 0.05) is 29.6 Å². The van der Waals surface area contributed by atoms with E-state index in [9.17, 15) is 5.11 Å². The monoisotopic (exact) mass is 412 g/mol. The van der Waals surface area contributed by atoms with Crippen molar-refractivity contribution in [2.75, 3.05) is 18.8 Å². The fourth-order valence-corrected chi connectivity index (χ4v) is 3.81. The Morgan fingerprint density at radius 1 is 1.35 bits per heavy atom. The van der Waals surface area contributed by atoms with Gasteiger partial charge in [0.2, 0.25) is 0 Å². The van der Waals surface area contributed by atoms with Gasteiger partial charge in [-0.25, -0.2) is 15.0 Å². The van der Waals surface area contributed by atoms with E-state index in [2.05, 4.69) is 20.3 Å². The molecular formula is C16H18Cl2N6OS. The van der Waals surface area contributed by atoms with E-state index in [0.29, 0.717) is 51.8 Å². The number of hydrogen-bond acceptors (Lipinski definition) is 7. The Kier molecular flexibility index (Phi) is 6.20. The summed E-state index contributed by atoms with van der Waals surface area (Å²) in [7, 11) is 0. The minimum atomic E-state index is -0.408. The molecule has 7 nitrogen and oxygen atoms in total. The number of nitrogens with zero attached hydrogens (tertiary/aromatic N) is 4. The minimum absolute atomic E-state index is 0.328. The fraction of sp³-hybridized carbons (Fsp3) is 0.312. The van der Waals surface area contributed by atoms with Crippen LogP contribution in [0.5, 0.6) is 0 Å². The molecule has 0 amide bonds. The lowest BCUT2D eigenvalue weighted by molar-refractivity contribution is 0.191. The number of anilines is 1. The second-order valence-corrected chi connectivity index (χ2v) is 7.56. The first-order valence-corrected chi connectivity index (χ1v) is 9.51.